The van der Waals surface area contributed by atoms with Crippen LogP contribution in [0.5, 0.6) is 11.5 Å². The van der Waals surface area contributed by atoms with E-state index < -0.39 is 17.4 Å². The van der Waals surface area contributed by atoms with Gasteiger partial charge in [-0.1, -0.05) is 12.1 Å². The molecule has 1 fully saturated rings. The highest BCUT2D eigenvalue weighted by Crippen LogP contribution is 2.38. The summed E-state index contributed by atoms with van der Waals surface area (Å²) in [6.07, 6.45) is 0. The van der Waals surface area contributed by atoms with Crippen molar-refractivity contribution in [3.05, 3.63) is 64.2 Å². The first-order valence-electron chi connectivity index (χ1n) is 9.26. The molecule has 2 aromatic rings. The van der Waals surface area contributed by atoms with Crippen LogP contribution in [0.2, 0.25) is 0 Å². The Morgan fingerprint density at radius 2 is 1.45 bits per heavy atom. The average Bonchev–Trinajstić information content (AvgIpc) is 2.73. The lowest BCUT2D eigenvalue weighted by atomic mass is 9.85. The van der Waals surface area contributed by atoms with Crippen LogP contribution in [0.1, 0.15) is 25.5 Å². The standard InChI is InChI=1S/C21H26N2O6/c1-20(2)28-13-21(14-29-20,23(24)25)19(15-5-9-17(26-3)10-6-15)22-16-7-11-18(27-4)12-8-16/h5-12,19,22H,13-14H2,1-4H3. The fraction of sp³-hybridized carbons (Fsp3) is 0.429. The number of anilines is 1. The van der Waals surface area contributed by atoms with Crippen LogP contribution in [0.3, 0.4) is 0 Å². The number of nitro groups is 1. The van der Waals surface area contributed by atoms with Crippen LogP contribution < -0.4 is 14.8 Å². The largest absolute Gasteiger partial charge is 0.497 e. The minimum absolute atomic E-state index is 0.0904. The maximum absolute atomic E-state index is 12.3. The van der Waals surface area contributed by atoms with Crippen LogP contribution in [-0.2, 0) is 9.47 Å². The van der Waals surface area contributed by atoms with Crippen LogP contribution >= 0.6 is 0 Å². The van der Waals surface area contributed by atoms with Gasteiger partial charge in [-0.3, -0.25) is 10.1 Å². The molecule has 0 radical (unpaired) electrons. The van der Waals surface area contributed by atoms with Gasteiger partial charge in [0.05, 0.1) is 14.2 Å². The van der Waals surface area contributed by atoms with Gasteiger partial charge in [-0.25, -0.2) is 0 Å². The molecule has 29 heavy (non-hydrogen) atoms. The zero-order valence-corrected chi connectivity index (χ0v) is 17.0. The predicted molar refractivity (Wildman–Crippen MR) is 108 cm³/mol. The summed E-state index contributed by atoms with van der Waals surface area (Å²) in [5.41, 5.74) is -0.0628. The minimum Gasteiger partial charge on any atom is -0.497 e. The molecule has 156 valence electrons. The lowest BCUT2D eigenvalue weighted by Gasteiger charge is -2.42. The number of nitrogens with one attached hydrogen (secondary N) is 1. The van der Waals surface area contributed by atoms with Gasteiger partial charge in [-0.15, -0.1) is 0 Å². The molecule has 1 unspecified atom stereocenters. The molecule has 0 saturated carbocycles. The summed E-state index contributed by atoms with van der Waals surface area (Å²) >= 11 is 0. The van der Waals surface area contributed by atoms with Crippen molar-refractivity contribution in [2.45, 2.75) is 31.2 Å². The van der Waals surface area contributed by atoms with Gasteiger partial charge in [-0.05, 0) is 55.8 Å². The number of hydrogen-bond donors (Lipinski definition) is 1. The Bertz CT molecular complexity index is 825. The Morgan fingerprint density at radius 3 is 1.90 bits per heavy atom. The topological polar surface area (TPSA) is 92.1 Å². The predicted octanol–water partition coefficient (Wildman–Crippen LogP) is 3.66. The zero-order chi connectivity index (χ0) is 21.1. The van der Waals surface area contributed by atoms with E-state index in [9.17, 15) is 10.1 Å². The minimum atomic E-state index is -1.51. The fourth-order valence-corrected chi connectivity index (χ4v) is 3.24. The number of rotatable bonds is 7. The van der Waals surface area contributed by atoms with Crippen molar-refractivity contribution < 1.29 is 23.9 Å². The molecule has 1 saturated heterocycles. The van der Waals surface area contributed by atoms with Crippen molar-refractivity contribution >= 4 is 5.69 Å². The molecule has 1 aliphatic heterocycles. The normalized spacial score (nSPS) is 18.5. The van der Waals surface area contributed by atoms with Gasteiger partial charge < -0.3 is 24.3 Å². The Morgan fingerprint density at radius 1 is 0.966 bits per heavy atom. The number of nitrogens with zero attached hydrogens (tertiary/aromatic N) is 1. The third-order valence-electron chi connectivity index (χ3n) is 5.09. The molecule has 0 spiro atoms. The Labute approximate surface area is 169 Å². The van der Waals surface area contributed by atoms with E-state index in [4.69, 9.17) is 18.9 Å². The summed E-state index contributed by atoms with van der Waals surface area (Å²) in [6, 6.07) is 13.7. The summed E-state index contributed by atoms with van der Waals surface area (Å²) in [5, 5.41) is 15.6. The van der Waals surface area contributed by atoms with Gasteiger partial charge in [0.15, 0.2) is 5.79 Å². The molecular formula is C21H26N2O6. The van der Waals surface area contributed by atoms with Gasteiger partial charge in [-0.2, -0.15) is 0 Å². The second-order valence-electron chi connectivity index (χ2n) is 7.42. The first-order chi connectivity index (χ1) is 13.8. The van der Waals surface area contributed by atoms with E-state index in [0.717, 1.165) is 11.3 Å². The van der Waals surface area contributed by atoms with Crippen molar-refractivity contribution in [2.24, 2.45) is 0 Å². The summed E-state index contributed by atoms with van der Waals surface area (Å²) < 4.78 is 21.8. The van der Waals surface area contributed by atoms with E-state index in [1.165, 1.54) is 0 Å². The number of benzene rings is 2. The molecule has 8 nitrogen and oxygen atoms in total. The SMILES string of the molecule is COc1ccc(NC(c2ccc(OC)cc2)C2([N+](=O)[O-])COC(C)(C)OC2)cc1. The van der Waals surface area contributed by atoms with Gasteiger partial charge in [0, 0.05) is 10.6 Å². The Balaban J connectivity index is 2.00. The van der Waals surface area contributed by atoms with E-state index in [1.807, 2.05) is 24.3 Å². The molecule has 2 aromatic carbocycles. The average molecular weight is 402 g/mol. The summed E-state index contributed by atoms with van der Waals surface area (Å²) in [7, 11) is 3.16. The molecular weight excluding hydrogens is 376 g/mol. The second-order valence-corrected chi connectivity index (χ2v) is 7.42. The molecule has 3 rings (SSSR count). The third-order valence-corrected chi connectivity index (χ3v) is 5.09. The van der Waals surface area contributed by atoms with E-state index in [0.29, 0.717) is 11.5 Å². The van der Waals surface area contributed by atoms with Gasteiger partial charge in [0.1, 0.15) is 30.8 Å². The lowest BCUT2D eigenvalue weighted by molar-refractivity contribution is -0.599. The molecule has 1 N–H and O–H groups in total. The molecule has 1 heterocycles. The highest BCUT2D eigenvalue weighted by molar-refractivity contribution is 5.49. The van der Waals surface area contributed by atoms with Crippen LogP contribution in [0.4, 0.5) is 5.69 Å². The maximum atomic E-state index is 12.3. The van der Waals surface area contributed by atoms with Crippen LogP contribution in [-0.4, -0.2) is 43.7 Å². The van der Waals surface area contributed by atoms with Crippen molar-refractivity contribution in [1.82, 2.24) is 0 Å². The number of ether oxygens (including phenoxy) is 4. The second kappa shape index (κ2) is 8.26. The van der Waals surface area contributed by atoms with Crippen LogP contribution in [0, 0.1) is 10.1 Å². The van der Waals surface area contributed by atoms with Crippen molar-refractivity contribution in [1.29, 1.82) is 0 Å². The van der Waals surface area contributed by atoms with E-state index in [2.05, 4.69) is 5.32 Å². The van der Waals surface area contributed by atoms with Crippen LogP contribution in [0.25, 0.3) is 0 Å². The third kappa shape index (κ3) is 4.44. The number of hydrogen-bond acceptors (Lipinski definition) is 7. The Kier molecular flexibility index (Phi) is 5.95. The van der Waals surface area contributed by atoms with Crippen molar-refractivity contribution in [3.8, 4) is 11.5 Å². The monoisotopic (exact) mass is 402 g/mol. The molecule has 0 aliphatic carbocycles. The fourth-order valence-electron chi connectivity index (χ4n) is 3.24. The van der Waals surface area contributed by atoms with Crippen molar-refractivity contribution in [2.75, 3.05) is 32.8 Å². The molecule has 8 heteroatoms. The van der Waals surface area contributed by atoms with E-state index in [1.54, 1.807) is 52.3 Å². The van der Waals surface area contributed by atoms with Crippen molar-refractivity contribution in [3.63, 3.8) is 0 Å². The Hall–Kier alpha value is -2.84. The highest BCUT2D eigenvalue weighted by Gasteiger charge is 2.56. The van der Waals surface area contributed by atoms with Crippen LogP contribution in [0.15, 0.2) is 48.5 Å². The lowest BCUT2D eigenvalue weighted by Crippen LogP contribution is -2.60. The molecule has 1 atom stereocenters. The highest BCUT2D eigenvalue weighted by atomic mass is 16.7. The summed E-state index contributed by atoms with van der Waals surface area (Å²) in [5.74, 6) is 0.500. The number of methoxy groups -OCH3 is 2. The molecule has 0 aromatic heterocycles. The molecule has 0 bridgehead atoms. The quantitative estimate of drug-likeness (QED) is 0.558. The summed E-state index contributed by atoms with van der Waals surface area (Å²) in [4.78, 5) is 12.0. The smallest absolute Gasteiger partial charge is 0.291 e. The molecule has 0 amide bonds. The van der Waals surface area contributed by atoms with Gasteiger partial charge in [0.25, 0.3) is 5.54 Å². The maximum Gasteiger partial charge on any atom is 0.291 e. The zero-order valence-electron chi connectivity index (χ0n) is 17.0. The summed E-state index contributed by atoms with van der Waals surface area (Å²) in [6.45, 7) is 3.31. The van der Waals surface area contributed by atoms with Gasteiger partial charge >= 0.3 is 0 Å². The first-order valence-corrected chi connectivity index (χ1v) is 9.26. The van der Waals surface area contributed by atoms with E-state index in [-0.39, 0.29) is 18.1 Å². The van der Waals surface area contributed by atoms with E-state index >= 15 is 0 Å². The van der Waals surface area contributed by atoms with Gasteiger partial charge in [0.2, 0.25) is 0 Å². The molecule has 1 aliphatic rings. The first kappa shape index (κ1) is 20.9.